The maximum absolute atomic E-state index is 13.4. The lowest BCUT2D eigenvalue weighted by atomic mass is 9.96. The van der Waals surface area contributed by atoms with Gasteiger partial charge in [0, 0.05) is 40.1 Å². The number of hydrogen-bond acceptors (Lipinski definition) is 13. The molecule has 3 heterocycles. The average Bonchev–Trinajstić information content (AvgIpc) is 3.07. The standard InChI is InChI=1S/C23H24N2O10S2/c1-11(26)31-10-16-18(32-12(2)27)19(33-13(3)28)20(34-14(4)29)22(35-16)25-21(30)17(37-23(25)36)8-15-6-5-7-24-9-15/h5-9,16,18-20,22H,10H2,1-4H3/b17-8-/t16-,18+,19+,20+,22-/m1/s1. The number of nitrogens with zero attached hydrogens (tertiary/aromatic N) is 2. The van der Waals surface area contributed by atoms with Crippen LogP contribution in [0.3, 0.4) is 0 Å². The Morgan fingerprint density at radius 1 is 1.03 bits per heavy atom. The predicted octanol–water partition coefficient (Wildman–Crippen LogP) is 1.37. The van der Waals surface area contributed by atoms with Crippen LogP contribution < -0.4 is 0 Å². The van der Waals surface area contributed by atoms with Gasteiger partial charge in [-0.15, -0.1) is 0 Å². The van der Waals surface area contributed by atoms with E-state index in [4.69, 9.17) is 35.9 Å². The van der Waals surface area contributed by atoms with E-state index >= 15 is 0 Å². The van der Waals surface area contributed by atoms with Crippen molar-refractivity contribution in [2.45, 2.75) is 58.3 Å². The Labute approximate surface area is 221 Å². The molecule has 0 bridgehead atoms. The topological polar surface area (TPSA) is 148 Å². The van der Waals surface area contributed by atoms with E-state index in [1.165, 1.54) is 0 Å². The normalized spacial score (nSPS) is 26.5. The second-order valence-electron chi connectivity index (χ2n) is 7.93. The average molecular weight is 553 g/mol. The number of ether oxygens (including phenoxy) is 5. The summed E-state index contributed by atoms with van der Waals surface area (Å²) in [5, 5.41) is 0. The second-order valence-corrected chi connectivity index (χ2v) is 9.60. The van der Waals surface area contributed by atoms with Crippen molar-refractivity contribution < 1.29 is 47.7 Å². The van der Waals surface area contributed by atoms with Gasteiger partial charge in [0.25, 0.3) is 5.91 Å². The van der Waals surface area contributed by atoms with Crippen molar-refractivity contribution in [1.29, 1.82) is 0 Å². The molecule has 2 aliphatic heterocycles. The van der Waals surface area contributed by atoms with E-state index < -0.39 is 67.0 Å². The van der Waals surface area contributed by atoms with Gasteiger partial charge in [-0.1, -0.05) is 30.0 Å². The summed E-state index contributed by atoms with van der Waals surface area (Å²) in [4.78, 5) is 66.2. The van der Waals surface area contributed by atoms with E-state index in [0.29, 0.717) is 5.56 Å². The number of carbonyl (C=O) groups is 5. The van der Waals surface area contributed by atoms with Gasteiger partial charge in [0.2, 0.25) is 0 Å². The molecular weight excluding hydrogens is 528 g/mol. The highest BCUT2D eigenvalue weighted by atomic mass is 32.2. The molecular formula is C23H24N2O10S2. The lowest BCUT2D eigenvalue weighted by Gasteiger charge is -2.46. The number of pyridine rings is 1. The first kappa shape index (κ1) is 28.2. The van der Waals surface area contributed by atoms with Crippen molar-refractivity contribution in [3.8, 4) is 0 Å². The summed E-state index contributed by atoms with van der Waals surface area (Å²) < 4.78 is 27.4. The molecule has 0 N–H and O–H groups in total. The minimum atomic E-state index is -1.44. The summed E-state index contributed by atoms with van der Waals surface area (Å²) in [5.74, 6) is -3.55. The van der Waals surface area contributed by atoms with Gasteiger partial charge in [0.1, 0.15) is 12.7 Å². The highest BCUT2D eigenvalue weighted by Gasteiger charge is 2.56. The highest BCUT2D eigenvalue weighted by molar-refractivity contribution is 8.26. The van der Waals surface area contributed by atoms with Gasteiger partial charge < -0.3 is 23.7 Å². The fourth-order valence-electron chi connectivity index (χ4n) is 3.73. The molecule has 3 rings (SSSR count). The molecule has 0 unspecified atom stereocenters. The molecule has 0 aliphatic carbocycles. The fraction of sp³-hybridized carbons (Fsp3) is 0.435. The van der Waals surface area contributed by atoms with Crippen molar-refractivity contribution in [3.63, 3.8) is 0 Å². The molecule has 2 aliphatic rings. The maximum Gasteiger partial charge on any atom is 0.303 e. The van der Waals surface area contributed by atoms with Crippen LogP contribution in [-0.4, -0.2) is 81.2 Å². The SMILES string of the molecule is CC(=O)OC[C@H]1O[C@@H](N2C(=O)/C(=C/c3cccnc3)SC2=S)[C@@H](OC(C)=O)[C@@H](OC(C)=O)[C@H]1OC(C)=O. The Morgan fingerprint density at radius 2 is 1.65 bits per heavy atom. The number of rotatable bonds is 7. The van der Waals surface area contributed by atoms with Gasteiger partial charge in [0.15, 0.2) is 28.9 Å². The van der Waals surface area contributed by atoms with Crippen molar-refractivity contribution in [1.82, 2.24) is 9.88 Å². The number of aromatic nitrogens is 1. The van der Waals surface area contributed by atoms with Crippen LogP contribution >= 0.6 is 24.0 Å². The zero-order valence-corrected chi connectivity index (χ0v) is 21.9. The molecule has 0 saturated carbocycles. The van der Waals surface area contributed by atoms with Gasteiger partial charge in [-0.2, -0.15) is 0 Å². The lowest BCUT2D eigenvalue weighted by Crippen LogP contribution is -2.66. The third-order valence-corrected chi connectivity index (χ3v) is 6.36. The number of thiocarbonyl (C=S) groups is 1. The predicted molar refractivity (Wildman–Crippen MR) is 131 cm³/mol. The number of thioether (sulfide) groups is 1. The van der Waals surface area contributed by atoms with Gasteiger partial charge in [-0.05, 0) is 17.7 Å². The monoisotopic (exact) mass is 552 g/mol. The summed E-state index contributed by atoms with van der Waals surface area (Å²) in [6.07, 6.45) is -2.10. The maximum atomic E-state index is 13.4. The van der Waals surface area contributed by atoms with Gasteiger partial charge in [-0.3, -0.25) is 33.9 Å². The van der Waals surface area contributed by atoms with Crippen molar-refractivity contribution in [3.05, 3.63) is 35.0 Å². The molecule has 1 aromatic rings. The zero-order valence-electron chi connectivity index (χ0n) is 20.3. The van der Waals surface area contributed by atoms with Crippen LogP contribution in [-0.2, 0) is 47.7 Å². The first-order valence-corrected chi connectivity index (χ1v) is 12.2. The largest absolute Gasteiger partial charge is 0.463 e. The number of carbonyl (C=O) groups excluding carboxylic acids is 5. The van der Waals surface area contributed by atoms with Crippen LogP contribution in [0.4, 0.5) is 0 Å². The molecule has 5 atom stereocenters. The van der Waals surface area contributed by atoms with Gasteiger partial charge in [-0.25, -0.2) is 0 Å². The molecule has 37 heavy (non-hydrogen) atoms. The molecule has 0 spiro atoms. The summed E-state index contributed by atoms with van der Waals surface area (Å²) in [6, 6.07) is 3.44. The smallest absolute Gasteiger partial charge is 0.303 e. The minimum Gasteiger partial charge on any atom is -0.463 e. The van der Waals surface area contributed by atoms with Gasteiger partial charge >= 0.3 is 23.9 Å². The quantitative estimate of drug-likeness (QED) is 0.208. The second kappa shape index (κ2) is 12.3. The van der Waals surface area contributed by atoms with E-state index in [9.17, 15) is 24.0 Å². The number of amides is 1. The third-order valence-electron chi connectivity index (χ3n) is 5.03. The summed E-state index contributed by atoms with van der Waals surface area (Å²) in [6.45, 7) is 4.08. The summed E-state index contributed by atoms with van der Waals surface area (Å²) in [5.41, 5.74) is 0.643. The minimum absolute atomic E-state index is 0.0704. The number of esters is 4. The van der Waals surface area contributed by atoms with Crippen LogP contribution in [0.2, 0.25) is 0 Å². The molecule has 0 aromatic carbocycles. The highest BCUT2D eigenvalue weighted by Crippen LogP contribution is 2.39. The van der Waals surface area contributed by atoms with Crippen LogP contribution in [0.15, 0.2) is 29.4 Å². The van der Waals surface area contributed by atoms with E-state index in [1.54, 1.807) is 30.6 Å². The zero-order chi connectivity index (χ0) is 27.3. The molecule has 198 valence electrons. The molecule has 2 fully saturated rings. The van der Waals surface area contributed by atoms with E-state index in [0.717, 1.165) is 44.4 Å². The van der Waals surface area contributed by atoms with Crippen molar-refractivity contribution in [2.75, 3.05) is 6.61 Å². The summed E-state index contributed by atoms with van der Waals surface area (Å²) >= 11 is 6.42. The Hall–Kier alpha value is -3.36. The van der Waals surface area contributed by atoms with E-state index in [1.807, 2.05) is 0 Å². The first-order chi connectivity index (χ1) is 17.5. The van der Waals surface area contributed by atoms with E-state index in [-0.39, 0.29) is 9.23 Å². The first-order valence-electron chi connectivity index (χ1n) is 11.0. The molecule has 2 saturated heterocycles. The van der Waals surface area contributed by atoms with Crippen molar-refractivity contribution >= 4 is 64.2 Å². The van der Waals surface area contributed by atoms with Crippen LogP contribution in [0, 0.1) is 0 Å². The fourth-order valence-corrected chi connectivity index (χ4v) is 5.04. The molecule has 1 aromatic heterocycles. The lowest BCUT2D eigenvalue weighted by molar-refractivity contribution is -0.268. The van der Waals surface area contributed by atoms with Gasteiger partial charge in [0.05, 0.1) is 4.91 Å². The molecule has 12 nitrogen and oxygen atoms in total. The Bertz CT molecular complexity index is 1130. The third kappa shape index (κ3) is 7.11. The Kier molecular flexibility index (Phi) is 9.34. The number of hydrogen-bond donors (Lipinski definition) is 0. The van der Waals surface area contributed by atoms with Crippen LogP contribution in [0.1, 0.15) is 33.3 Å². The van der Waals surface area contributed by atoms with E-state index in [2.05, 4.69) is 4.98 Å². The Balaban J connectivity index is 2.05. The molecule has 1 amide bonds. The van der Waals surface area contributed by atoms with Crippen LogP contribution in [0.25, 0.3) is 6.08 Å². The Morgan fingerprint density at radius 3 is 2.22 bits per heavy atom. The van der Waals surface area contributed by atoms with Crippen LogP contribution in [0.5, 0.6) is 0 Å². The molecule has 14 heteroatoms. The van der Waals surface area contributed by atoms with Crippen molar-refractivity contribution in [2.24, 2.45) is 0 Å². The summed E-state index contributed by atoms with van der Waals surface area (Å²) in [7, 11) is 0. The molecule has 0 radical (unpaired) electrons.